The fraction of sp³-hybridized carbons (Fsp3) is 0.231. The van der Waals surface area contributed by atoms with Gasteiger partial charge in [0.05, 0.1) is 18.1 Å². The zero-order valence-electron chi connectivity index (χ0n) is 12.0. The molecule has 0 unspecified atom stereocenters. The second kappa shape index (κ2) is 5.57. The molecule has 3 N–H and O–H groups in total. The molecule has 0 saturated carbocycles. The molecule has 1 aromatic heterocycles. The van der Waals surface area contributed by atoms with E-state index >= 15 is 0 Å². The summed E-state index contributed by atoms with van der Waals surface area (Å²) in [5.41, 5.74) is 7.81. The smallest absolute Gasteiger partial charge is 0.264 e. The number of nitrogens with two attached hydrogens (primary N) is 1. The van der Waals surface area contributed by atoms with Crippen molar-refractivity contribution in [2.45, 2.75) is 11.8 Å². The van der Waals surface area contributed by atoms with Gasteiger partial charge in [-0.3, -0.25) is 4.72 Å². The van der Waals surface area contributed by atoms with Gasteiger partial charge in [-0.1, -0.05) is 6.07 Å². The second-order valence-electron chi connectivity index (χ2n) is 4.78. The maximum atomic E-state index is 12.2. The van der Waals surface area contributed by atoms with Gasteiger partial charge in [0, 0.05) is 19.8 Å². The molecule has 1 heterocycles. The molecule has 0 spiro atoms. The number of anilines is 3. The van der Waals surface area contributed by atoms with Gasteiger partial charge in [-0.2, -0.15) is 0 Å². The Bertz CT molecular complexity index is 742. The average Bonchev–Trinajstić information content (AvgIpc) is 2.41. The van der Waals surface area contributed by atoms with E-state index in [-0.39, 0.29) is 10.8 Å². The molecule has 0 amide bonds. The van der Waals surface area contributed by atoms with Crippen LogP contribution in [0, 0.1) is 6.92 Å². The number of sulfonamides is 1. The van der Waals surface area contributed by atoms with E-state index < -0.39 is 10.0 Å². The molecule has 0 aliphatic carbocycles. The Labute approximate surface area is 123 Å². The van der Waals surface area contributed by atoms with Crippen molar-refractivity contribution in [3.63, 3.8) is 0 Å². The van der Waals surface area contributed by atoms with Crippen LogP contribution in [0.5, 0.6) is 0 Å². The quantitative estimate of drug-likeness (QED) is 0.881. The molecule has 21 heavy (non-hydrogen) atoms. The zero-order valence-corrected chi connectivity index (χ0v) is 12.8. The first-order valence-corrected chi connectivity index (χ1v) is 7.66. The standard InChI is InChI=1S/C13H17N5O2S/c1-9-4-5-10(6-12(9)18(2)3)17-21(19,20)11-7-15-13(14)16-8-11/h4-8,17H,1-3H3,(H2,14,15,16). The molecular weight excluding hydrogens is 290 g/mol. The summed E-state index contributed by atoms with van der Waals surface area (Å²) in [6.07, 6.45) is 2.34. The Balaban J connectivity index is 2.33. The Morgan fingerprint density at radius 2 is 1.81 bits per heavy atom. The van der Waals surface area contributed by atoms with E-state index in [1.54, 1.807) is 12.1 Å². The minimum Gasteiger partial charge on any atom is -0.377 e. The number of benzene rings is 1. The summed E-state index contributed by atoms with van der Waals surface area (Å²) >= 11 is 0. The molecule has 2 rings (SSSR count). The molecule has 0 aliphatic rings. The highest BCUT2D eigenvalue weighted by molar-refractivity contribution is 7.92. The third-order valence-corrected chi connectivity index (χ3v) is 4.24. The summed E-state index contributed by atoms with van der Waals surface area (Å²) in [5, 5.41) is 0. The van der Waals surface area contributed by atoms with Crippen molar-refractivity contribution < 1.29 is 8.42 Å². The Hall–Kier alpha value is -2.35. The van der Waals surface area contributed by atoms with Crippen molar-refractivity contribution in [2.24, 2.45) is 0 Å². The van der Waals surface area contributed by atoms with Crippen molar-refractivity contribution in [1.29, 1.82) is 0 Å². The van der Waals surface area contributed by atoms with E-state index in [0.29, 0.717) is 5.69 Å². The highest BCUT2D eigenvalue weighted by Gasteiger charge is 2.16. The first kappa shape index (κ1) is 15.0. The van der Waals surface area contributed by atoms with Crippen LogP contribution in [-0.4, -0.2) is 32.5 Å². The first-order valence-electron chi connectivity index (χ1n) is 6.18. The summed E-state index contributed by atoms with van der Waals surface area (Å²) in [4.78, 5) is 9.25. The van der Waals surface area contributed by atoms with Gasteiger partial charge in [-0.05, 0) is 24.6 Å². The van der Waals surface area contributed by atoms with E-state index in [1.165, 1.54) is 12.4 Å². The molecule has 0 saturated heterocycles. The van der Waals surface area contributed by atoms with Gasteiger partial charge < -0.3 is 10.6 Å². The van der Waals surface area contributed by atoms with E-state index in [0.717, 1.165) is 11.3 Å². The van der Waals surface area contributed by atoms with Gasteiger partial charge in [0.2, 0.25) is 5.95 Å². The van der Waals surface area contributed by atoms with Crippen LogP contribution in [0.4, 0.5) is 17.3 Å². The largest absolute Gasteiger partial charge is 0.377 e. The summed E-state index contributed by atoms with van der Waals surface area (Å²) in [7, 11) is 0.0600. The number of hydrogen-bond donors (Lipinski definition) is 2. The molecule has 0 bridgehead atoms. The molecule has 1 aromatic carbocycles. The van der Waals surface area contributed by atoms with E-state index in [9.17, 15) is 8.42 Å². The van der Waals surface area contributed by atoms with Crippen LogP contribution in [-0.2, 0) is 10.0 Å². The normalized spacial score (nSPS) is 11.2. The fourth-order valence-electron chi connectivity index (χ4n) is 1.83. The monoisotopic (exact) mass is 307 g/mol. The van der Waals surface area contributed by atoms with Crippen LogP contribution < -0.4 is 15.4 Å². The minimum atomic E-state index is -3.73. The van der Waals surface area contributed by atoms with Crippen molar-refractivity contribution in [1.82, 2.24) is 9.97 Å². The lowest BCUT2D eigenvalue weighted by atomic mass is 10.2. The molecular formula is C13H17N5O2S. The summed E-state index contributed by atoms with van der Waals surface area (Å²) in [6, 6.07) is 5.33. The third-order valence-electron chi connectivity index (χ3n) is 2.90. The van der Waals surface area contributed by atoms with E-state index in [2.05, 4.69) is 14.7 Å². The summed E-state index contributed by atoms with van der Waals surface area (Å²) in [6.45, 7) is 1.96. The number of aryl methyl sites for hydroxylation is 1. The highest BCUT2D eigenvalue weighted by atomic mass is 32.2. The van der Waals surface area contributed by atoms with Gasteiger partial charge in [0.15, 0.2) is 0 Å². The van der Waals surface area contributed by atoms with Crippen LogP contribution in [0.3, 0.4) is 0 Å². The van der Waals surface area contributed by atoms with Crippen LogP contribution in [0.2, 0.25) is 0 Å². The number of aromatic nitrogens is 2. The lowest BCUT2D eigenvalue weighted by Crippen LogP contribution is -2.15. The van der Waals surface area contributed by atoms with Gasteiger partial charge in [-0.25, -0.2) is 18.4 Å². The second-order valence-corrected chi connectivity index (χ2v) is 6.46. The number of rotatable bonds is 4. The van der Waals surface area contributed by atoms with Crippen LogP contribution in [0.15, 0.2) is 35.5 Å². The first-order chi connectivity index (χ1) is 9.79. The molecule has 0 aliphatic heterocycles. The maximum Gasteiger partial charge on any atom is 0.264 e. The minimum absolute atomic E-state index is 0.0270. The number of nitrogen functional groups attached to an aromatic ring is 1. The third kappa shape index (κ3) is 3.40. The molecule has 112 valence electrons. The number of nitrogens with one attached hydrogen (secondary N) is 1. The zero-order chi connectivity index (χ0) is 15.6. The Morgan fingerprint density at radius 3 is 2.38 bits per heavy atom. The van der Waals surface area contributed by atoms with Crippen molar-refractivity contribution in [3.05, 3.63) is 36.2 Å². The molecule has 0 radical (unpaired) electrons. The van der Waals surface area contributed by atoms with Gasteiger partial charge in [0.1, 0.15) is 4.90 Å². The predicted octanol–water partition coefficient (Wildman–Crippen LogP) is 1.23. The molecule has 0 atom stereocenters. The maximum absolute atomic E-state index is 12.2. The molecule has 0 fully saturated rings. The van der Waals surface area contributed by atoms with Crippen LogP contribution in [0.1, 0.15) is 5.56 Å². The van der Waals surface area contributed by atoms with Crippen molar-refractivity contribution >= 4 is 27.3 Å². The van der Waals surface area contributed by atoms with Gasteiger partial charge >= 0.3 is 0 Å². The highest BCUT2D eigenvalue weighted by Crippen LogP contribution is 2.24. The lowest BCUT2D eigenvalue weighted by Gasteiger charge is -2.17. The summed E-state index contributed by atoms with van der Waals surface area (Å²) < 4.78 is 27.0. The average molecular weight is 307 g/mol. The van der Waals surface area contributed by atoms with E-state index in [4.69, 9.17) is 5.73 Å². The van der Waals surface area contributed by atoms with Gasteiger partial charge in [0.25, 0.3) is 10.0 Å². The SMILES string of the molecule is Cc1ccc(NS(=O)(=O)c2cnc(N)nc2)cc1N(C)C. The fourth-order valence-corrected chi connectivity index (χ4v) is 2.77. The molecule has 7 nitrogen and oxygen atoms in total. The van der Waals surface area contributed by atoms with Gasteiger partial charge in [-0.15, -0.1) is 0 Å². The number of nitrogens with zero attached hydrogens (tertiary/aromatic N) is 3. The molecule has 2 aromatic rings. The Morgan fingerprint density at radius 1 is 1.19 bits per heavy atom. The topological polar surface area (TPSA) is 101 Å². The Kier molecular flexibility index (Phi) is 3.99. The van der Waals surface area contributed by atoms with E-state index in [1.807, 2.05) is 32.0 Å². The molecule has 8 heteroatoms. The lowest BCUT2D eigenvalue weighted by molar-refractivity contribution is 0.600. The number of hydrogen-bond acceptors (Lipinski definition) is 6. The van der Waals surface area contributed by atoms with Crippen molar-refractivity contribution in [3.8, 4) is 0 Å². The van der Waals surface area contributed by atoms with Crippen LogP contribution >= 0.6 is 0 Å². The predicted molar refractivity (Wildman–Crippen MR) is 82.8 cm³/mol. The summed E-state index contributed by atoms with van der Waals surface area (Å²) in [5.74, 6) is 0.0270. The van der Waals surface area contributed by atoms with Crippen molar-refractivity contribution in [2.75, 3.05) is 29.5 Å². The van der Waals surface area contributed by atoms with Crippen LogP contribution in [0.25, 0.3) is 0 Å².